The maximum Gasteiger partial charge on any atom is 0.160 e. The Balaban J connectivity index is 1.06. The number of aromatic nitrogens is 2. The van der Waals surface area contributed by atoms with Crippen molar-refractivity contribution in [2.75, 3.05) is 4.90 Å². The van der Waals surface area contributed by atoms with Crippen LogP contribution in [0, 0.1) is 0 Å². The van der Waals surface area contributed by atoms with E-state index in [1.807, 2.05) is 36.4 Å². The van der Waals surface area contributed by atoms with Gasteiger partial charge in [-0.15, -0.1) is 0 Å². The van der Waals surface area contributed by atoms with Gasteiger partial charge >= 0.3 is 0 Å². The van der Waals surface area contributed by atoms with Gasteiger partial charge in [0.2, 0.25) is 0 Å². The molecule has 7 aromatic rings. The smallest absolute Gasteiger partial charge is 0.160 e. The van der Waals surface area contributed by atoms with Crippen molar-refractivity contribution >= 4 is 22.9 Å². The van der Waals surface area contributed by atoms with E-state index in [4.69, 9.17) is 9.97 Å². The van der Waals surface area contributed by atoms with Gasteiger partial charge in [0.25, 0.3) is 0 Å². The first-order valence-corrected chi connectivity index (χ1v) is 19.6. The summed E-state index contributed by atoms with van der Waals surface area (Å²) in [6.45, 7) is 6.83. The van der Waals surface area contributed by atoms with Crippen molar-refractivity contribution in [2.45, 2.75) is 25.7 Å². The Bertz CT molecular complexity index is 2510. The molecule has 0 amide bonds. The number of nitrogens with zero attached hydrogens (tertiary/aromatic N) is 3. The van der Waals surface area contributed by atoms with E-state index in [1.165, 1.54) is 27.8 Å². The molecule has 3 heteroatoms. The molecule has 1 aliphatic rings. The lowest BCUT2D eigenvalue weighted by atomic mass is 9.87. The van der Waals surface area contributed by atoms with E-state index in [1.54, 1.807) is 0 Å². The zero-order valence-corrected chi connectivity index (χ0v) is 32.2. The molecular weight excluding hydrogens is 691 g/mol. The molecule has 0 bridgehead atoms. The SMILES string of the molecule is C=C(/C=C\C=C\c1ccc(-c2nc(-c3ccccc3)cc(-c3ccccc3)n2)cc1)N1/C=C(\c2ccccc2)CCC(c2ccccc2)/C=C(\C)c2ccccc21. The highest BCUT2D eigenvalue weighted by molar-refractivity contribution is 5.82. The van der Waals surface area contributed by atoms with E-state index in [-0.39, 0.29) is 0 Å². The minimum Gasteiger partial charge on any atom is -0.317 e. The third-order valence-electron chi connectivity index (χ3n) is 10.5. The number of benzene rings is 6. The molecule has 1 unspecified atom stereocenters. The van der Waals surface area contributed by atoms with E-state index in [2.05, 4.69) is 195 Å². The van der Waals surface area contributed by atoms with Gasteiger partial charge in [-0.1, -0.05) is 195 Å². The molecule has 0 saturated carbocycles. The number of hydrogen-bond acceptors (Lipinski definition) is 3. The molecule has 3 nitrogen and oxygen atoms in total. The third-order valence-corrected chi connectivity index (χ3v) is 10.5. The zero-order valence-electron chi connectivity index (χ0n) is 32.2. The van der Waals surface area contributed by atoms with Crippen LogP contribution in [0.1, 0.15) is 47.9 Å². The predicted molar refractivity (Wildman–Crippen MR) is 241 cm³/mol. The molecule has 1 aromatic heterocycles. The first kappa shape index (κ1) is 36.9. The van der Waals surface area contributed by atoms with Crippen molar-refractivity contribution in [3.63, 3.8) is 0 Å². The molecule has 0 saturated heterocycles. The van der Waals surface area contributed by atoms with E-state index in [9.17, 15) is 0 Å². The van der Waals surface area contributed by atoms with E-state index in [0.717, 1.165) is 57.9 Å². The first-order chi connectivity index (χ1) is 28.1. The van der Waals surface area contributed by atoms with Crippen LogP contribution >= 0.6 is 0 Å². The van der Waals surface area contributed by atoms with Crippen LogP contribution in [-0.2, 0) is 0 Å². The molecule has 0 radical (unpaired) electrons. The predicted octanol–water partition coefficient (Wildman–Crippen LogP) is 14.1. The average Bonchev–Trinajstić information content (AvgIpc) is 3.28. The zero-order chi connectivity index (χ0) is 38.8. The van der Waals surface area contributed by atoms with Crippen molar-refractivity contribution in [2.24, 2.45) is 0 Å². The molecule has 0 spiro atoms. The summed E-state index contributed by atoms with van der Waals surface area (Å²) in [6, 6.07) is 61.3. The van der Waals surface area contributed by atoms with Gasteiger partial charge in [-0.05, 0) is 65.8 Å². The Morgan fingerprint density at radius 1 is 0.614 bits per heavy atom. The summed E-state index contributed by atoms with van der Waals surface area (Å²) in [7, 11) is 0. The lowest BCUT2D eigenvalue weighted by Gasteiger charge is -2.28. The number of rotatable bonds is 9. The normalized spacial score (nSPS) is 16.4. The first-order valence-electron chi connectivity index (χ1n) is 19.6. The Morgan fingerprint density at radius 3 is 1.81 bits per heavy atom. The van der Waals surface area contributed by atoms with Crippen molar-refractivity contribution in [3.05, 3.63) is 241 Å². The number of allylic oxidation sites excluding steroid dienone is 6. The van der Waals surface area contributed by atoms with Gasteiger partial charge in [0.1, 0.15) is 0 Å². The fourth-order valence-electron chi connectivity index (χ4n) is 7.41. The lowest BCUT2D eigenvalue weighted by molar-refractivity contribution is 0.757. The quantitative estimate of drug-likeness (QED) is 0.138. The summed E-state index contributed by atoms with van der Waals surface area (Å²) < 4.78 is 0. The van der Waals surface area contributed by atoms with E-state index < -0.39 is 0 Å². The minimum atomic E-state index is 0.305. The van der Waals surface area contributed by atoms with E-state index >= 15 is 0 Å². The molecule has 0 N–H and O–H groups in total. The maximum atomic E-state index is 4.99. The fraction of sp³-hybridized carbons (Fsp3) is 0.0741. The van der Waals surface area contributed by atoms with Gasteiger partial charge < -0.3 is 4.90 Å². The Kier molecular flexibility index (Phi) is 11.4. The summed E-state index contributed by atoms with van der Waals surface area (Å²) in [5.41, 5.74) is 14.3. The molecule has 0 fully saturated rings. The van der Waals surface area contributed by atoms with Crippen LogP contribution in [-0.4, -0.2) is 9.97 Å². The lowest BCUT2D eigenvalue weighted by Crippen LogP contribution is -2.16. The van der Waals surface area contributed by atoms with Gasteiger partial charge in [0.15, 0.2) is 5.82 Å². The molecule has 1 aliphatic heterocycles. The van der Waals surface area contributed by atoms with Crippen molar-refractivity contribution in [1.82, 2.24) is 9.97 Å². The summed E-state index contributed by atoms with van der Waals surface area (Å²) in [6.07, 6.45) is 15.0. The van der Waals surface area contributed by atoms with Gasteiger partial charge in [0, 0.05) is 40.1 Å². The molecule has 1 atom stereocenters. The monoisotopic (exact) mass is 735 g/mol. The standard InChI is InChI=1S/C54H45N3/c1-40-37-48(43-21-7-3-8-22-43)35-36-49(44-23-9-4-10-24-44)39-57(53-30-18-17-29-50(40)53)41(2)19-15-16-20-42-31-33-47(34-32-42)54-55-51(45-25-11-5-12-26-45)38-52(56-54)46-27-13-6-14-28-46/h3-34,37-39,48H,2,35-36H2,1H3/b19-15-,20-16+,40-37+,49-39-. The van der Waals surface area contributed by atoms with Crippen LogP contribution < -0.4 is 4.90 Å². The van der Waals surface area contributed by atoms with Crippen LogP contribution in [0.4, 0.5) is 5.69 Å². The molecule has 0 aliphatic carbocycles. The van der Waals surface area contributed by atoms with Crippen LogP contribution in [0.5, 0.6) is 0 Å². The highest BCUT2D eigenvalue weighted by Crippen LogP contribution is 2.38. The largest absolute Gasteiger partial charge is 0.317 e. The highest BCUT2D eigenvalue weighted by atomic mass is 15.1. The fourth-order valence-corrected chi connectivity index (χ4v) is 7.41. The molecular formula is C54H45N3. The molecule has 276 valence electrons. The second-order valence-electron chi connectivity index (χ2n) is 14.3. The van der Waals surface area contributed by atoms with Crippen molar-refractivity contribution in [1.29, 1.82) is 0 Å². The van der Waals surface area contributed by atoms with Crippen LogP contribution in [0.2, 0.25) is 0 Å². The van der Waals surface area contributed by atoms with Gasteiger partial charge in [0.05, 0.1) is 17.1 Å². The molecule has 6 aromatic carbocycles. The van der Waals surface area contributed by atoms with Gasteiger partial charge in [-0.2, -0.15) is 0 Å². The molecule has 2 heterocycles. The minimum absolute atomic E-state index is 0.305. The summed E-state index contributed by atoms with van der Waals surface area (Å²) >= 11 is 0. The molecule has 8 rings (SSSR count). The number of para-hydroxylation sites is 1. The average molecular weight is 736 g/mol. The Labute approximate surface area is 337 Å². The Morgan fingerprint density at radius 2 is 1.18 bits per heavy atom. The summed E-state index contributed by atoms with van der Waals surface area (Å²) in [4.78, 5) is 12.2. The van der Waals surface area contributed by atoms with Crippen molar-refractivity contribution < 1.29 is 0 Å². The van der Waals surface area contributed by atoms with Crippen molar-refractivity contribution in [3.8, 4) is 33.9 Å². The number of anilines is 1. The number of fused-ring (bicyclic) bond motifs is 1. The van der Waals surface area contributed by atoms with Gasteiger partial charge in [-0.25, -0.2) is 9.97 Å². The van der Waals surface area contributed by atoms with Crippen LogP contribution in [0.3, 0.4) is 0 Å². The second-order valence-corrected chi connectivity index (χ2v) is 14.3. The van der Waals surface area contributed by atoms with E-state index in [0.29, 0.717) is 11.7 Å². The summed E-state index contributed by atoms with van der Waals surface area (Å²) in [5.74, 6) is 1.00. The highest BCUT2D eigenvalue weighted by Gasteiger charge is 2.19. The Hall–Kier alpha value is -7.10. The third kappa shape index (κ3) is 8.91. The topological polar surface area (TPSA) is 29.0 Å². The maximum absolute atomic E-state index is 4.99. The van der Waals surface area contributed by atoms with Crippen LogP contribution in [0.15, 0.2) is 219 Å². The van der Waals surface area contributed by atoms with Crippen LogP contribution in [0.25, 0.3) is 51.1 Å². The number of hydrogen-bond donors (Lipinski definition) is 0. The van der Waals surface area contributed by atoms with Gasteiger partial charge in [-0.3, -0.25) is 0 Å². The summed E-state index contributed by atoms with van der Waals surface area (Å²) in [5, 5.41) is 0. The molecule has 57 heavy (non-hydrogen) atoms. The second kappa shape index (κ2) is 17.6.